The van der Waals surface area contributed by atoms with Crippen molar-refractivity contribution in [2.24, 2.45) is 0 Å². The monoisotopic (exact) mass is 365 g/mol. The summed E-state index contributed by atoms with van der Waals surface area (Å²) in [6.07, 6.45) is 1.77. The van der Waals surface area contributed by atoms with Gasteiger partial charge < -0.3 is 5.32 Å². The summed E-state index contributed by atoms with van der Waals surface area (Å²) >= 11 is 6.78. The minimum atomic E-state index is 0.634. The molecule has 0 fully saturated rings. The van der Waals surface area contributed by atoms with Crippen LogP contribution < -0.4 is 5.32 Å². The van der Waals surface area contributed by atoms with E-state index in [2.05, 4.69) is 48.2 Å². The first-order valence-electron chi connectivity index (χ1n) is 5.23. The van der Waals surface area contributed by atoms with Gasteiger partial charge in [-0.3, -0.25) is 4.98 Å². The van der Waals surface area contributed by atoms with E-state index in [1.165, 1.54) is 0 Å². The third-order valence-electron chi connectivity index (χ3n) is 2.35. The lowest BCUT2D eigenvalue weighted by Crippen LogP contribution is -2.01. The summed E-state index contributed by atoms with van der Waals surface area (Å²) in [6.45, 7) is 0.637. The van der Waals surface area contributed by atoms with E-state index in [1.54, 1.807) is 18.3 Å². The molecule has 0 atom stereocenters. The summed E-state index contributed by atoms with van der Waals surface area (Å²) in [5.74, 6) is 0. The van der Waals surface area contributed by atoms with E-state index in [0.717, 1.165) is 20.3 Å². The Bertz CT molecular complexity index is 588. The molecule has 1 aromatic carbocycles. The SMILES string of the molecule is N#Cc1ccc(NCc2ccc(Br)cn2)c(Br)c1. The Morgan fingerprint density at radius 3 is 2.67 bits per heavy atom. The van der Waals surface area contributed by atoms with Gasteiger partial charge in [0, 0.05) is 20.8 Å². The van der Waals surface area contributed by atoms with Gasteiger partial charge in [-0.15, -0.1) is 0 Å². The maximum Gasteiger partial charge on any atom is 0.0992 e. The van der Waals surface area contributed by atoms with Crippen LogP contribution in [-0.2, 0) is 6.54 Å². The van der Waals surface area contributed by atoms with Crippen LogP contribution in [0.25, 0.3) is 0 Å². The van der Waals surface area contributed by atoms with Crippen LogP contribution in [0.3, 0.4) is 0 Å². The number of rotatable bonds is 3. The zero-order chi connectivity index (χ0) is 13.0. The third kappa shape index (κ3) is 3.31. The van der Waals surface area contributed by atoms with E-state index < -0.39 is 0 Å². The highest BCUT2D eigenvalue weighted by atomic mass is 79.9. The first-order valence-corrected chi connectivity index (χ1v) is 6.81. The van der Waals surface area contributed by atoms with Gasteiger partial charge >= 0.3 is 0 Å². The minimum absolute atomic E-state index is 0.634. The van der Waals surface area contributed by atoms with E-state index in [4.69, 9.17) is 5.26 Å². The van der Waals surface area contributed by atoms with Gasteiger partial charge in [-0.05, 0) is 62.2 Å². The zero-order valence-electron chi connectivity index (χ0n) is 9.32. The van der Waals surface area contributed by atoms with Crippen molar-refractivity contribution < 1.29 is 0 Å². The molecule has 0 aliphatic carbocycles. The quantitative estimate of drug-likeness (QED) is 0.889. The summed E-state index contributed by atoms with van der Waals surface area (Å²) in [5, 5.41) is 12.0. The molecule has 0 saturated heterocycles. The van der Waals surface area contributed by atoms with Gasteiger partial charge in [0.2, 0.25) is 0 Å². The van der Waals surface area contributed by atoms with Crippen molar-refractivity contribution >= 4 is 37.5 Å². The smallest absolute Gasteiger partial charge is 0.0992 e. The fraction of sp³-hybridized carbons (Fsp3) is 0.0769. The van der Waals surface area contributed by atoms with Crippen molar-refractivity contribution in [3.8, 4) is 6.07 Å². The highest BCUT2D eigenvalue weighted by Crippen LogP contribution is 2.23. The number of nitrogens with one attached hydrogen (secondary N) is 1. The van der Waals surface area contributed by atoms with E-state index in [0.29, 0.717) is 12.1 Å². The van der Waals surface area contributed by atoms with Gasteiger partial charge in [-0.1, -0.05) is 0 Å². The lowest BCUT2D eigenvalue weighted by atomic mass is 10.2. The molecule has 3 nitrogen and oxygen atoms in total. The predicted molar refractivity (Wildman–Crippen MR) is 78.1 cm³/mol. The minimum Gasteiger partial charge on any atom is -0.378 e. The van der Waals surface area contributed by atoms with Crippen molar-refractivity contribution in [3.63, 3.8) is 0 Å². The molecule has 1 heterocycles. The molecule has 0 amide bonds. The first-order chi connectivity index (χ1) is 8.69. The lowest BCUT2D eigenvalue weighted by molar-refractivity contribution is 1.04. The fourth-order valence-corrected chi connectivity index (χ4v) is 2.18. The lowest BCUT2D eigenvalue weighted by Gasteiger charge is -2.08. The molecule has 1 N–H and O–H groups in total. The molecule has 0 bridgehead atoms. The largest absolute Gasteiger partial charge is 0.378 e. The van der Waals surface area contributed by atoms with Crippen LogP contribution in [0.2, 0.25) is 0 Å². The fourth-order valence-electron chi connectivity index (χ4n) is 1.42. The number of halogens is 2. The Balaban J connectivity index is 2.06. The summed E-state index contributed by atoms with van der Waals surface area (Å²) in [4.78, 5) is 4.28. The highest BCUT2D eigenvalue weighted by molar-refractivity contribution is 9.10. The molecule has 2 aromatic rings. The van der Waals surface area contributed by atoms with Crippen LogP contribution in [0.5, 0.6) is 0 Å². The van der Waals surface area contributed by atoms with Gasteiger partial charge in [0.25, 0.3) is 0 Å². The summed E-state index contributed by atoms with van der Waals surface area (Å²) in [6, 6.07) is 11.5. The van der Waals surface area contributed by atoms with Gasteiger partial charge in [-0.2, -0.15) is 5.26 Å². The van der Waals surface area contributed by atoms with Gasteiger partial charge in [0.1, 0.15) is 0 Å². The second-order valence-electron chi connectivity index (χ2n) is 3.63. The molecule has 90 valence electrons. The number of nitriles is 1. The molecule has 18 heavy (non-hydrogen) atoms. The number of pyridine rings is 1. The van der Waals surface area contributed by atoms with Crippen LogP contribution in [0.1, 0.15) is 11.3 Å². The number of hydrogen-bond acceptors (Lipinski definition) is 3. The second-order valence-corrected chi connectivity index (χ2v) is 5.40. The maximum absolute atomic E-state index is 8.78. The van der Waals surface area contributed by atoms with Crippen molar-refractivity contribution in [2.45, 2.75) is 6.54 Å². The molecule has 0 aliphatic rings. The van der Waals surface area contributed by atoms with Crippen LogP contribution in [0.4, 0.5) is 5.69 Å². The second kappa shape index (κ2) is 5.98. The molecule has 0 saturated carbocycles. The van der Waals surface area contributed by atoms with E-state index in [-0.39, 0.29) is 0 Å². The molecule has 0 radical (unpaired) electrons. The Morgan fingerprint density at radius 2 is 2.06 bits per heavy atom. The van der Waals surface area contributed by atoms with Crippen LogP contribution in [0.15, 0.2) is 45.5 Å². The van der Waals surface area contributed by atoms with Crippen molar-refractivity contribution in [2.75, 3.05) is 5.32 Å². The Hall–Kier alpha value is -1.38. The first kappa shape index (κ1) is 13.1. The van der Waals surface area contributed by atoms with Crippen LogP contribution in [-0.4, -0.2) is 4.98 Å². The zero-order valence-corrected chi connectivity index (χ0v) is 12.5. The van der Waals surface area contributed by atoms with Crippen molar-refractivity contribution in [1.29, 1.82) is 5.26 Å². The van der Waals surface area contributed by atoms with Crippen molar-refractivity contribution in [3.05, 3.63) is 56.7 Å². The standard InChI is InChI=1S/C13H9Br2N3/c14-10-2-3-11(17-7-10)8-18-13-4-1-9(6-16)5-12(13)15/h1-5,7,18H,8H2. The molecule has 2 rings (SSSR count). The Kier molecular flexibility index (Phi) is 4.34. The molecular weight excluding hydrogens is 358 g/mol. The normalized spacial score (nSPS) is 9.83. The number of aromatic nitrogens is 1. The van der Waals surface area contributed by atoms with Gasteiger partial charge in [0.05, 0.1) is 23.9 Å². The molecule has 5 heteroatoms. The molecule has 1 aromatic heterocycles. The summed E-state index contributed by atoms with van der Waals surface area (Å²) in [5.41, 5.74) is 2.53. The summed E-state index contributed by atoms with van der Waals surface area (Å²) in [7, 11) is 0. The van der Waals surface area contributed by atoms with Crippen LogP contribution in [0, 0.1) is 11.3 Å². The number of hydrogen-bond donors (Lipinski definition) is 1. The Morgan fingerprint density at radius 1 is 1.22 bits per heavy atom. The predicted octanol–water partition coefficient (Wildman–Crippen LogP) is 4.09. The van der Waals surface area contributed by atoms with Crippen molar-refractivity contribution in [1.82, 2.24) is 4.98 Å². The Labute approximate surface area is 122 Å². The molecular formula is C13H9Br2N3. The number of anilines is 1. The maximum atomic E-state index is 8.78. The van der Waals surface area contributed by atoms with Crippen LogP contribution >= 0.6 is 31.9 Å². The van der Waals surface area contributed by atoms with E-state index in [9.17, 15) is 0 Å². The summed E-state index contributed by atoms with van der Waals surface area (Å²) < 4.78 is 1.84. The number of benzene rings is 1. The highest BCUT2D eigenvalue weighted by Gasteiger charge is 2.01. The molecule has 0 unspecified atom stereocenters. The number of nitrogens with zero attached hydrogens (tertiary/aromatic N) is 2. The average molecular weight is 367 g/mol. The van der Waals surface area contributed by atoms with Gasteiger partial charge in [-0.25, -0.2) is 0 Å². The topological polar surface area (TPSA) is 48.7 Å². The third-order valence-corrected chi connectivity index (χ3v) is 3.47. The van der Waals surface area contributed by atoms with E-state index >= 15 is 0 Å². The molecule has 0 spiro atoms. The molecule has 0 aliphatic heterocycles. The average Bonchev–Trinajstić information content (AvgIpc) is 2.39. The van der Waals surface area contributed by atoms with E-state index in [1.807, 2.05) is 18.2 Å². The van der Waals surface area contributed by atoms with Gasteiger partial charge in [0.15, 0.2) is 0 Å².